The first kappa shape index (κ1) is 18.1. The molecule has 126 valence electrons. The molecule has 0 radical (unpaired) electrons. The normalized spacial score (nSPS) is 10.6. The second-order valence-electron chi connectivity index (χ2n) is 5.60. The van der Waals surface area contributed by atoms with Crippen LogP contribution in [0, 0.1) is 0 Å². The number of hydrogen-bond acceptors (Lipinski definition) is 4. The van der Waals surface area contributed by atoms with E-state index in [-0.39, 0.29) is 0 Å². The van der Waals surface area contributed by atoms with E-state index in [0.29, 0.717) is 5.46 Å². The van der Waals surface area contributed by atoms with Crippen LogP contribution in [0.1, 0.15) is 11.1 Å². The molecule has 3 aromatic rings. The number of rotatable bonds is 7. The highest BCUT2D eigenvalue weighted by atomic mass is 32.2. The van der Waals surface area contributed by atoms with Crippen molar-refractivity contribution in [1.29, 1.82) is 0 Å². The molecule has 0 fully saturated rings. The summed E-state index contributed by atoms with van der Waals surface area (Å²) in [5, 5.41) is 19.5. The predicted octanol–water partition coefficient (Wildman–Crippen LogP) is 3.95. The molecule has 0 saturated carbocycles. The molecule has 3 rings (SSSR count). The van der Waals surface area contributed by atoms with Gasteiger partial charge in [-0.15, -0.1) is 23.5 Å². The van der Waals surface area contributed by atoms with Gasteiger partial charge in [0.2, 0.25) is 0 Å². The average molecular weight is 366 g/mol. The lowest BCUT2D eigenvalue weighted by Gasteiger charge is -2.14. The summed E-state index contributed by atoms with van der Waals surface area (Å²) in [4.78, 5) is 2.03. The Labute approximate surface area is 157 Å². The summed E-state index contributed by atoms with van der Waals surface area (Å²) in [5.74, 6) is 1.65. The van der Waals surface area contributed by atoms with Gasteiger partial charge in [0, 0.05) is 21.3 Å². The van der Waals surface area contributed by atoms with Gasteiger partial charge in [-0.2, -0.15) is 0 Å². The van der Waals surface area contributed by atoms with Gasteiger partial charge in [-0.05, 0) is 22.7 Å². The van der Waals surface area contributed by atoms with Crippen LogP contribution in [0.5, 0.6) is 0 Å². The summed E-state index contributed by atoms with van der Waals surface area (Å²) < 4.78 is 0. The molecule has 0 aliphatic carbocycles. The van der Waals surface area contributed by atoms with E-state index < -0.39 is 7.12 Å². The molecule has 25 heavy (non-hydrogen) atoms. The van der Waals surface area contributed by atoms with Gasteiger partial charge >= 0.3 is 7.12 Å². The Morgan fingerprint density at radius 3 is 1.76 bits per heavy atom. The molecule has 2 nitrogen and oxygen atoms in total. The monoisotopic (exact) mass is 366 g/mol. The van der Waals surface area contributed by atoms with Gasteiger partial charge in [-0.25, -0.2) is 0 Å². The van der Waals surface area contributed by atoms with E-state index in [1.807, 2.05) is 48.5 Å². The quantitative estimate of drug-likeness (QED) is 0.491. The Balaban J connectivity index is 1.80. The van der Waals surface area contributed by atoms with Gasteiger partial charge in [0.25, 0.3) is 0 Å². The number of benzene rings is 3. The van der Waals surface area contributed by atoms with E-state index >= 15 is 0 Å². The van der Waals surface area contributed by atoms with Crippen molar-refractivity contribution in [1.82, 2.24) is 0 Å². The van der Waals surface area contributed by atoms with Crippen LogP contribution < -0.4 is 5.46 Å². The molecule has 0 spiro atoms. The Hall–Kier alpha value is -1.66. The van der Waals surface area contributed by atoms with Crippen molar-refractivity contribution in [3.63, 3.8) is 0 Å². The Bertz CT molecular complexity index is 795. The zero-order valence-electron chi connectivity index (χ0n) is 13.7. The summed E-state index contributed by atoms with van der Waals surface area (Å²) in [5.41, 5.74) is 3.04. The molecule has 0 aliphatic heterocycles. The predicted molar refractivity (Wildman–Crippen MR) is 108 cm³/mol. The maximum Gasteiger partial charge on any atom is 0.489 e. The minimum absolute atomic E-state index is 0.569. The van der Waals surface area contributed by atoms with E-state index in [4.69, 9.17) is 0 Å². The minimum atomic E-state index is -1.46. The Morgan fingerprint density at radius 1 is 0.640 bits per heavy atom. The van der Waals surface area contributed by atoms with Crippen molar-refractivity contribution in [3.05, 3.63) is 90.0 Å². The lowest BCUT2D eigenvalue weighted by atomic mass is 9.80. The summed E-state index contributed by atoms with van der Waals surface area (Å²) in [6.45, 7) is 0. The first-order valence-corrected chi connectivity index (χ1v) is 10.0. The van der Waals surface area contributed by atoms with Crippen molar-refractivity contribution >= 4 is 36.1 Å². The minimum Gasteiger partial charge on any atom is -0.423 e. The van der Waals surface area contributed by atoms with Crippen LogP contribution in [0.4, 0.5) is 0 Å². The van der Waals surface area contributed by atoms with Gasteiger partial charge in [-0.1, -0.05) is 72.8 Å². The molecule has 0 bridgehead atoms. The van der Waals surface area contributed by atoms with Gasteiger partial charge in [0.05, 0.1) is 0 Å². The van der Waals surface area contributed by atoms with Crippen LogP contribution in [-0.4, -0.2) is 17.2 Å². The zero-order valence-corrected chi connectivity index (χ0v) is 15.3. The van der Waals surface area contributed by atoms with Gasteiger partial charge in [-0.3, -0.25) is 0 Å². The summed E-state index contributed by atoms with van der Waals surface area (Å²) in [7, 11) is -1.46. The first-order valence-electron chi connectivity index (χ1n) is 8.06. The van der Waals surface area contributed by atoms with E-state index in [9.17, 15) is 10.0 Å². The average Bonchev–Trinajstić information content (AvgIpc) is 2.66. The molecule has 0 aromatic heterocycles. The zero-order chi connectivity index (χ0) is 17.5. The summed E-state index contributed by atoms with van der Waals surface area (Å²) in [6.07, 6.45) is 0. The Kier molecular flexibility index (Phi) is 6.65. The fourth-order valence-electron chi connectivity index (χ4n) is 2.47. The number of thioether (sulfide) groups is 2. The van der Waals surface area contributed by atoms with E-state index in [1.54, 1.807) is 29.6 Å². The van der Waals surface area contributed by atoms with Crippen LogP contribution >= 0.6 is 23.5 Å². The molecule has 5 heteroatoms. The van der Waals surface area contributed by atoms with Crippen LogP contribution in [0.25, 0.3) is 0 Å². The third-order valence-electron chi connectivity index (χ3n) is 3.75. The first-order chi connectivity index (χ1) is 12.2. The standard InChI is InChI=1S/C20H19BO2S2/c22-21(23)18-12-7-13-19(24-14-16-8-3-1-4-9-16)20(18)25-15-17-10-5-2-6-11-17/h1-13,22-23H,14-15H2. The molecular weight excluding hydrogens is 347 g/mol. The second kappa shape index (κ2) is 9.16. The third-order valence-corrected chi connectivity index (χ3v) is 6.23. The van der Waals surface area contributed by atoms with Crippen molar-refractivity contribution in [2.75, 3.05) is 0 Å². The highest BCUT2D eigenvalue weighted by Crippen LogP contribution is 2.33. The third kappa shape index (κ3) is 5.16. The molecule has 3 aromatic carbocycles. The van der Waals surface area contributed by atoms with Gasteiger partial charge in [0.15, 0.2) is 0 Å². The maximum atomic E-state index is 9.74. The molecule has 2 N–H and O–H groups in total. The SMILES string of the molecule is OB(O)c1cccc(SCc2ccccc2)c1SCc1ccccc1. The summed E-state index contributed by atoms with van der Waals surface area (Å²) in [6, 6.07) is 26.2. The Morgan fingerprint density at radius 2 is 1.20 bits per heavy atom. The molecule has 0 saturated heterocycles. The van der Waals surface area contributed by atoms with Crippen molar-refractivity contribution in [2.24, 2.45) is 0 Å². The topological polar surface area (TPSA) is 40.5 Å². The lowest BCUT2D eigenvalue weighted by molar-refractivity contribution is 0.424. The van der Waals surface area contributed by atoms with Crippen molar-refractivity contribution < 1.29 is 10.0 Å². The van der Waals surface area contributed by atoms with Crippen molar-refractivity contribution in [3.8, 4) is 0 Å². The van der Waals surface area contributed by atoms with E-state index in [1.165, 1.54) is 11.1 Å². The highest BCUT2D eigenvalue weighted by Gasteiger charge is 2.19. The molecule has 0 amide bonds. The van der Waals surface area contributed by atoms with E-state index in [0.717, 1.165) is 21.3 Å². The fraction of sp³-hybridized carbons (Fsp3) is 0.100. The van der Waals surface area contributed by atoms with Gasteiger partial charge < -0.3 is 10.0 Å². The largest absolute Gasteiger partial charge is 0.489 e. The molecule has 0 unspecified atom stereocenters. The maximum absolute atomic E-state index is 9.74. The molecule has 0 heterocycles. The lowest BCUT2D eigenvalue weighted by Crippen LogP contribution is -2.31. The molecular formula is C20H19BO2S2. The van der Waals surface area contributed by atoms with E-state index in [2.05, 4.69) is 24.3 Å². The van der Waals surface area contributed by atoms with Crippen LogP contribution in [-0.2, 0) is 11.5 Å². The van der Waals surface area contributed by atoms with Crippen LogP contribution in [0.2, 0.25) is 0 Å². The number of hydrogen-bond donors (Lipinski definition) is 2. The molecule has 0 atom stereocenters. The summed E-state index contributed by atoms with van der Waals surface area (Å²) >= 11 is 3.37. The van der Waals surface area contributed by atoms with Crippen molar-refractivity contribution in [2.45, 2.75) is 21.3 Å². The smallest absolute Gasteiger partial charge is 0.423 e. The van der Waals surface area contributed by atoms with Crippen LogP contribution in [0.3, 0.4) is 0 Å². The fourth-order valence-corrected chi connectivity index (χ4v) is 4.82. The molecule has 0 aliphatic rings. The van der Waals surface area contributed by atoms with Gasteiger partial charge in [0.1, 0.15) is 0 Å². The van der Waals surface area contributed by atoms with Crippen LogP contribution in [0.15, 0.2) is 88.7 Å². The highest BCUT2D eigenvalue weighted by molar-refractivity contribution is 8.01. The second-order valence-corrected chi connectivity index (χ2v) is 7.60.